The molecule has 1 heterocycles. The van der Waals surface area contributed by atoms with Gasteiger partial charge in [0, 0.05) is 11.8 Å². The molecule has 0 spiro atoms. The van der Waals surface area contributed by atoms with E-state index in [1.807, 2.05) is 6.92 Å². The van der Waals surface area contributed by atoms with Gasteiger partial charge >= 0.3 is 17.7 Å². The first kappa shape index (κ1) is 23.0. The Hall–Kier alpha value is -3.30. The van der Waals surface area contributed by atoms with Crippen LogP contribution >= 0.6 is 0 Å². The topological polar surface area (TPSA) is 129 Å². The molecule has 0 bridgehead atoms. The third-order valence-electron chi connectivity index (χ3n) is 4.31. The Bertz CT molecular complexity index is 864. The largest absolute Gasteiger partial charge is 0.493 e. The molecule has 1 atom stereocenters. The van der Waals surface area contributed by atoms with Crippen LogP contribution < -0.4 is 20.1 Å². The quantitative estimate of drug-likeness (QED) is 0.355. The third-order valence-corrected chi connectivity index (χ3v) is 4.31. The van der Waals surface area contributed by atoms with Gasteiger partial charge in [0.25, 0.3) is 0 Å². The van der Waals surface area contributed by atoms with E-state index in [9.17, 15) is 19.7 Å². The van der Waals surface area contributed by atoms with Crippen molar-refractivity contribution >= 4 is 17.7 Å². The number of urea groups is 1. The van der Waals surface area contributed by atoms with Crippen LogP contribution in [0.4, 0.5) is 10.5 Å². The van der Waals surface area contributed by atoms with Gasteiger partial charge in [-0.3, -0.25) is 10.1 Å². The highest BCUT2D eigenvalue weighted by atomic mass is 16.6. The molecule has 1 aliphatic rings. The van der Waals surface area contributed by atoms with Crippen molar-refractivity contribution in [1.82, 2.24) is 10.6 Å². The number of ether oxygens (including phenoxy) is 3. The summed E-state index contributed by atoms with van der Waals surface area (Å²) >= 11 is 0. The molecule has 2 N–H and O–H groups in total. The second-order valence-corrected chi connectivity index (χ2v) is 6.89. The number of nitrogens with one attached hydrogen (secondary N) is 2. The lowest BCUT2D eigenvalue weighted by Crippen LogP contribution is -2.46. The molecule has 10 nitrogen and oxygen atoms in total. The van der Waals surface area contributed by atoms with Gasteiger partial charge in [-0.25, -0.2) is 9.59 Å². The van der Waals surface area contributed by atoms with Gasteiger partial charge in [-0.15, -0.1) is 0 Å². The Morgan fingerprint density at radius 2 is 2.00 bits per heavy atom. The van der Waals surface area contributed by atoms with Gasteiger partial charge in [-0.2, -0.15) is 0 Å². The molecule has 2 amide bonds. The second kappa shape index (κ2) is 9.95. The molecular weight excluding hydrogens is 394 g/mol. The van der Waals surface area contributed by atoms with Crippen molar-refractivity contribution < 1.29 is 28.7 Å². The maximum absolute atomic E-state index is 12.9. The fraction of sp³-hybridized carbons (Fsp3) is 0.500. The molecule has 0 fully saturated rings. The monoisotopic (exact) mass is 421 g/mol. The average molecular weight is 421 g/mol. The Balaban J connectivity index is 2.69. The van der Waals surface area contributed by atoms with Crippen LogP contribution in [0.1, 0.15) is 52.1 Å². The molecule has 30 heavy (non-hydrogen) atoms. The molecule has 1 unspecified atom stereocenters. The first-order chi connectivity index (χ1) is 14.2. The first-order valence-electron chi connectivity index (χ1n) is 9.74. The number of hydrogen-bond acceptors (Lipinski definition) is 7. The standard InChI is InChI=1S/C20H27N3O7/c1-6-8-13-16(19(24)30-11(3)4)17(22-20(25)21-13)12-9-14(23(26)27)18(29-7-2)15(10-12)28-5/h9-11,17H,6-8H2,1-5H3,(H2,21,22,25). The van der Waals surface area contributed by atoms with Crippen LogP contribution in [0.25, 0.3) is 0 Å². The number of nitro benzene ring substituents is 1. The molecule has 1 aliphatic heterocycles. The summed E-state index contributed by atoms with van der Waals surface area (Å²) in [6.45, 7) is 7.24. The summed E-state index contributed by atoms with van der Waals surface area (Å²) in [6, 6.07) is 1.33. The molecule has 0 radical (unpaired) electrons. The highest BCUT2D eigenvalue weighted by Crippen LogP contribution is 2.42. The third kappa shape index (κ3) is 5.00. The minimum absolute atomic E-state index is 0.0157. The molecule has 1 aromatic carbocycles. The molecular formula is C20H27N3O7. The summed E-state index contributed by atoms with van der Waals surface area (Å²) in [5, 5.41) is 17.0. The molecule has 0 saturated heterocycles. The van der Waals surface area contributed by atoms with Crippen molar-refractivity contribution in [1.29, 1.82) is 0 Å². The summed E-state index contributed by atoms with van der Waals surface area (Å²) < 4.78 is 16.1. The maximum Gasteiger partial charge on any atom is 0.338 e. The van der Waals surface area contributed by atoms with Gasteiger partial charge < -0.3 is 24.8 Å². The van der Waals surface area contributed by atoms with Crippen molar-refractivity contribution in [2.75, 3.05) is 13.7 Å². The van der Waals surface area contributed by atoms with E-state index in [0.717, 1.165) is 0 Å². The summed E-state index contributed by atoms with van der Waals surface area (Å²) in [5.41, 5.74) is 0.604. The number of amides is 2. The lowest BCUT2D eigenvalue weighted by molar-refractivity contribution is -0.386. The molecule has 2 rings (SSSR count). The van der Waals surface area contributed by atoms with Gasteiger partial charge in [0.15, 0.2) is 5.75 Å². The van der Waals surface area contributed by atoms with E-state index in [2.05, 4.69) is 10.6 Å². The second-order valence-electron chi connectivity index (χ2n) is 6.89. The average Bonchev–Trinajstić information content (AvgIpc) is 2.67. The Morgan fingerprint density at radius 3 is 2.53 bits per heavy atom. The molecule has 1 aromatic rings. The predicted molar refractivity (Wildman–Crippen MR) is 108 cm³/mol. The zero-order chi connectivity index (χ0) is 22.4. The van der Waals surface area contributed by atoms with Crippen molar-refractivity contribution in [2.45, 2.75) is 52.7 Å². The minimum Gasteiger partial charge on any atom is -0.493 e. The first-order valence-corrected chi connectivity index (χ1v) is 9.74. The number of methoxy groups -OCH3 is 1. The highest BCUT2D eigenvalue weighted by Gasteiger charge is 2.36. The van der Waals surface area contributed by atoms with E-state index in [1.54, 1.807) is 20.8 Å². The van der Waals surface area contributed by atoms with Gasteiger partial charge in [-0.1, -0.05) is 13.3 Å². The Morgan fingerprint density at radius 1 is 1.30 bits per heavy atom. The number of allylic oxidation sites excluding steroid dienone is 1. The number of carbonyl (C=O) groups excluding carboxylic acids is 2. The number of benzene rings is 1. The Kier molecular flexibility index (Phi) is 7.62. The highest BCUT2D eigenvalue weighted by molar-refractivity contribution is 5.95. The number of hydrogen-bond donors (Lipinski definition) is 2. The van der Waals surface area contributed by atoms with Crippen molar-refractivity contribution in [3.05, 3.63) is 39.1 Å². The van der Waals surface area contributed by atoms with Crippen LogP contribution in [-0.2, 0) is 9.53 Å². The van der Waals surface area contributed by atoms with Crippen LogP contribution in [-0.4, -0.2) is 36.7 Å². The number of esters is 1. The van der Waals surface area contributed by atoms with Crippen LogP contribution in [0, 0.1) is 10.1 Å². The van der Waals surface area contributed by atoms with Crippen molar-refractivity contribution in [2.24, 2.45) is 0 Å². The van der Waals surface area contributed by atoms with Crippen molar-refractivity contribution in [3.8, 4) is 11.5 Å². The normalized spacial score (nSPS) is 16.1. The number of rotatable bonds is 9. The molecule has 164 valence electrons. The zero-order valence-corrected chi connectivity index (χ0v) is 17.7. The van der Waals surface area contributed by atoms with Crippen molar-refractivity contribution in [3.63, 3.8) is 0 Å². The van der Waals surface area contributed by atoms with Crippen LogP contribution in [0.15, 0.2) is 23.4 Å². The van der Waals surface area contributed by atoms with Crippen LogP contribution in [0.5, 0.6) is 11.5 Å². The van der Waals surface area contributed by atoms with Crippen LogP contribution in [0.3, 0.4) is 0 Å². The van der Waals surface area contributed by atoms with E-state index in [-0.39, 0.29) is 35.5 Å². The van der Waals surface area contributed by atoms with E-state index in [0.29, 0.717) is 24.1 Å². The number of nitrogens with zero attached hydrogens (tertiary/aromatic N) is 1. The fourth-order valence-corrected chi connectivity index (χ4v) is 3.19. The lowest BCUT2D eigenvalue weighted by atomic mass is 9.93. The maximum atomic E-state index is 12.9. The molecule has 0 aliphatic carbocycles. The minimum atomic E-state index is -0.949. The van der Waals surface area contributed by atoms with E-state index >= 15 is 0 Å². The molecule has 0 saturated carbocycles. The van der Waals surface area contributed by atoms with E-state index in [1.165, 1.54) is 19.2 Å². The smallest absolute Gasteiger partial charge is 0.338 e. The number of carbonyl (C=O) groups is 2. The lowest BCUT2D eigenvalue weighted by Gasteiger charge is -2.30. The predicted octanol–water partition coefficient (Wildman–Crippen LogP) is 3.36. The Labute approximate surface area is 174 Å². The van der Waals surface area contributed by atoms with Gasteiger partial charge in [0.2, 0.25) is 5.75 Å². The summed E-state index contributed by atoms with van der Waals surface area (Å²) in [6.07, 6.45) is 0.728. The number of nitro groups is 1. The van der Waals surface area contributed by atoms with E-state index in [4.69, 9.17) is 14.2 Å². The van der Waals surface area contributed by atoms with Gasteiger partial charge in [-0.05, 0) is 38.8 Å². The van der Waals surface area contributed by atoms with E-state index < -0.39 is 23.0 Å². The zero-order valence-electron chi connectivity index (χ0n) is 17.7. The SMILES string of the molecule is CCCC1=C(C(=O)OC(C)C)C(c2cc(OC)c(OCC)c([N+](=O)[O-])c2)NC(=O)N1. The fourth-order valence-electron chi connectivity index (χ4n) is 3.19. The van der Waals surface area contributed by atoms with Gasteiger partial charge in [0.1, 0.15) is 0 Å². The summed E-state index contributed by atoms with van der Waals surface area (Å²) in [4.78, 5) is 36.2. The summed E-state index contributed by atoms with van der Waals surface area (Å²) in [5.74, 6) is -0.498. The molecule has 0 aromatic heterocycles. The molecule has 10 heteroatoms. The summed E-state index contributed by atoms with van der Waals surface area (Å²) in [7, 11) is 1.36. The van der Waals surface area contributed by atoms with Gasteiger partial charge in [0.05, 0.1) is 36.4 Å². The van der Waals surface area contributed by atoms with Crippen LogP contribution in [0.2, 0.25) is 0 Å².